The smallest absolute Gasteiger partial charge is 0.182 e. The molecule has 0 aromatic heterocycles. The Morgan fingerprint density at radius 1 is 0.792 bits per heavy atom. The molecule has 2 heteroatoms. The van der Waals surface area contributed by atoms with E-state index in [0.717, 1.165) is 30.7 Å². The minimum atomic E-state index is 0.839. The highest BCUT2D eigenvalue weighted by molar-refractivity contribution is 5.14. The van der Waals surface area contributed by atoms with Crippen LogP contribution in [0.4, 0.5) is 0 Å². The zero-order valence-corrected chi connectivity index (χ0v) is 16.4. The summed E-state index contributed by atoms with van der Waals surface area (Å²) in [4.78, 5) is 0. The molecule has 0 bridgehead atoms. The number of rotatable bonds is 15. The van der Waals surface area contributed by atoms with Gasteiger partial charge in [0.05, 0.1) is 27.2 Å². The lowest BCUT2D eigenvalue weighted by Crippen LogP contribution is -2.42. The van der Waals surface area contributed by atoms with Crippen molar-refractivity contribution in [3.8, 4) is 0 Å². The van der Waals surface area contributed by atoms with Crippen LogP contribution >= 0.6 is 0 Å². The highest BCUT2D eigenvalue weighted by Gasteiger charge is 2.14. The molecule has 0 unspecified atom stereocenters. The van der Waals surface area contributed by atoms with Gasteiger partial charge < -0.3 is 9.22 Å². The first-order valence-corrected chi connectivity index (χ1v) is 10.1. The maximum atomic E-state index is 5.91. The highest BCUT2D eigenvalue weighted by Crippen LogP contribution is 2.10. The van der Waals surface area contributed by atoms with Gasteiger partial charge in [-0.3, -0.25) is 0 Å². The number of nitrogens with zero attached hydrogens (tertiary/aromatic N) is 1. The average molecular weight is 335 g/mol. The van der Waals surface area contributed by atoms with Gasteiger partial charge in [0.2, 0.25) is 0 Å². The first-order chi connectivity index (χ1) is 11.6. The normalized spacial score (nSPS) is 11.8. The van der Waals surface area contributed by atoms with Gasteiger partial charge in [-0.15, -0.1) is 0 Å². The molecule has 0 N–H and O–H groups in total. The summed E-state index contributed by atoms with van der Waals surface area (Å²) in [5, 5.41) is 0. The highest BCUT2D eigenvalue weighted by atomic mass is 16.5. The number of hydrogen-bond acceptors (Lipinski definition) is 1. The molecule has 0 heterocycles. The SMILES string of the molecule is CCCCCCCCCC[N+](C)(C)COCCCc1ccccc1. The van der Waals surface area contributed by atoms with Gasteiger partial charge >= 0.3 is 0 Å². The maximum Gasteiger partial charge on any atom is 0.182 e. The van der Waals surface area contributed by atoms with Crippen LogP contribution < -0.4 is 0 Å². The molecule has 138 valence electrons. The van der Waals surface area contributed by atoms with Crippen molar-refractivity contribution >= 4 is 0 Å². The van der Waals surface area contributed by atoms with Gasteiger partial charge in [-0.25, -0.2) is 0 Å². The van der Waals surface area contributed by atoms with Crippen molar-refractivity contribution < 1.29 is 9.22 Å². The monoisotopic (exact) mass is 334 g/mol. The van der Waals surface area contributed by atoms with Gasteiger partial charge in [-0.1, -0.05) is 75.8 Å². The Hall–Kier alpha value is -0.860. The first kappa shape index (κ1) is 21.2. The standard InChI is InChI=1S/C22H40NO/c1-4-5-6-7-8-9-10-14-19-23(2,3)21-24-20-15-18-22-16-12-11-13-17-22/h11-13,16-17H,4-10,14-15,18-21H2,1-3H3/q+1. The van der Waals surface area contributed by atoms with Crippen molar-refractivity contribution in [3.63, 3.8) is 0 Å². The maximum absolute atomic E-state index is 5.91. The van der Waals surface area contributed by atoms with Gasteiger partial charge in [0.1, 0.15) is 0 Å². The molecule has 1 rings (SSSR count). The van der Waals surface area contributed by atoms with Crippen LogP contribution in [0.25, 0.3) is 0 Å². The lowest BCUT2D eigenvalue weighted by molar-refractivity contribution is -0.909. The number of unbranched alkanes of at least 4 members (excludes halogenated alkanes) is 7. The van der Waals surface area contributed by atoms with Crippen molar-refractivity contribution in [2.75, 3.05) is 34.0 Å². The quantitative estimate of drug-likeness (QED) is 0.223. The molecule has 0 saturated heterocycles. The molecule has 0 spiro atoms. The predicted octanol–water partition coefficient (Wildman–Crippen LogP) is 5.81. The number of benzene rings is 1. The largest absolute Gasteiger partial charge is 0.332 e. The molecule has 1 aromatic carbocycles. The van der Waals surface area contributed by atoms with Crippen molar-refractivity contribution in [2.45, 2.75) is 71.1 Å². The third-order valence-corrected chi connectivity index (χ3v) is 4.65. The topological polar surface area (TPSA) is 9.23 Å². The van der Waals surface area contributed by atoms with E-state index in [0.29, 0.717) is 0 Å². The molecular weight excluding hydrogens is 294 g/mol. The second-order valence-corrected chi connectivity index (χ2v) is 7.76. The lowest BCUT2D eigenvalue weighted by atomic mass is 10.1. The molecule has 2 nitrogen and oxygen atoms in total. The number of aryl methyl sites for hydroxylation is 1. The summed E-state index contributed by atoms with van der Waals surface area (Å²) in [5.41, 5.74) is 1.41. The summed E-state index contributed by atoms with van der Waals surface area (Å²) in [6.45, 7) is 5.22. The van der Waals surface area contributed by atoms with E-state index in [4.69, 9.17) is 4.74 Å². The Kier molecular flexibility index (Phi) is 11.9. The Bertz CT molecular complexity index is 388. The molecule has 0 atom stereocenters. The Labute approximate surface area is 150 Å². The molecule has 24 heavy (non-hydrogen) atoms. The van der Waals surface area contributed by atoms with E-state index in [1.807, 2.05) is 0 Å². The van der Waals surface area contributed by atoms with Gasteiger partial charge in [-0.05, 0) is 31.2 Å². The second kappa shape index (κ2) is 13.4. The summed E-state index contributed by atoms with van der Waals surface area (Å²) in [7, 11) is 4.58. The summed E-state index contributed by atoms with van der Waals surface area (Å²) in [5.74, 6) is 0. The third kappa shape index (κ3) is 11.6. The van der Waals surface area contributed by atoms with Gasteiger partial charge in [0.25, 0.3) is 0 Å². The molecule has 0 saturated carbocycles. The Morgan fingerprint density at radius 2 is 1.42 bits per heavy atom. The van der Waals surface area contributed by atoms with E-state index >= 15 is 0 Å². The van der Waals surface area contributed by atoms with E-state index in [2.05, 4.69) is 51.4 Å². The fraction of sp³-hybridized carbons (Fsp3) is 0.727. The van der Waals surface area contributed by atoms with Crippen LogP contribution in [0.3, 0.4) is 0 Å². The summed E-state index contributed by atoms with van der Waals surface area (Å²) < 4.78 is 6.90. The van der Waals surface area contributed by atoms with Crippen LogP contribution in [0.1, 0.15) is 70.3 Å². The van der Waals surface area contributed by atoms with E-state index in [-0.39, 0.29) is 0 Å². The minimum absolute atomic E-state index is 0.839. The number of quaternary nitrogens is 1. The summed E-state index contributed by atoms with van der Waals surface area (Å²) >= 11 is 0. The van der Waals surface area contributed by atoms with E-state index < -0.39 is 0 Å². The molecule has 0 aliphatic rings. The van der Waals surface area contributed by atoms with Gasteiger partial charge in [0, 0.05) is 0 Å². The van der Waals surface area contributed by atoms with Crippen molar-refractivity contribution in [1.82, 2.24) is 0 Å². The molecule has 1 aromatic rings. The van der Waals surface area contributed by atoms with Crippen molar-refractivity contribution in [1.29, 1.82) is 0 Å². The van der Waals surface area contributed by atoms with Crippen LogP contribution in [0.2, 0.25) is 0 Å². The molecule has 0 amide bonds. The van der Waals surface area contributed by atoms with E-state index in [1.54, 1.807) is 0 Å². The zero-order chi connectivity index (χ0) is 17.5. The Morgan fingerprint density at radius 3 is 2.08 bits per heavy atom. The molecule has 0 radical (unpaired) electrons. The average Bonchev–Trinajstić information content (AvgIpc) is 2.58. The van der Waals surface area contributed by atoms with E-state index in [1.165, 1.54) is 63.5 Å². The van der Waals surface area contributed by atoms with Crippen LogP contribution in [0.15, 0.2) is 30.3 Å². The number of ether oxygens (including phenoxy) is 1. The molecular formula is C22H40NO+. The fourth-order valence-corrected chi connectivity index (χ4v) is 3.07. The third-order valence-electron chi connectivity index (χ3n) is 4.65. The lowest BCUT2D eigenvalue weighted by Gasteiger charge is -2.29. The van der Waals surface area contributed by atoms with Crippen LogP contribution in [0.5, 0.6) is 0 Å². The summed E-state index contributed by atoms with van der Waals surface area (Å²) in [6.07, 6.45) is 13.4. The molecule has 0 aliphatic heterocycles. The molecule has 0 fully saturated rings. The van der Waals surface area contributed by atoms with E-state index in [9.17, 15) is 0 Å². The van der Waals surface area contributed by atoms with Crippen LogP contribution in [0, 0.1) is 0 Å². The van der Waals surface area contributed by atoms with Crippen LogP contribution in [-0.2, 0) is 11.2 Å². The van der Waals surface area contributed by atoms with Crippen molar-refractivity contribution in [2.24, 2.45) is 0 Å². The minimum Gasteiger partial charge on any atom is -0.332 e. The second-order valence-electron chi connectivity index (χ2n) is 7.76. The molecule has 0 aliphatic carbocycles. The fourth-order valence-electron chi connectivity index (χ4n) is 3.07. The number of hydrogen-bond donors (Lipinski definition) is 0. The van der Waals surface area contributed by atoms with Crippen molar-refractivity contribution in [3.05, 3.63) is 35.9 Å². The zero-order valence-electron chi connectivity index (χ0n) is 16.4. The van der Waals surface area contributed by atoms with Gasteiger partial charge in [-0.2, -0.15) is 0 Å². The Balaban J connectivity index is 1.95. The van der Waals surface area contributed by atoms with Crippen LogP contribution in [-0.4, -0.2) is 38.5 Å². The first-order valence-electron chi connectivity index (χ1n) is 10.1. The summed E-state index contributed by atoms with van der Waals surface area (Å²) in [6, 6.07) is 10.7. The predicted molar refractivity (Wildman–Crippen MR) is 105 cm³/mol. The van der Waals surface area contributed by atoms with Gasteiger partial charge in [0.15, 0.2) is 6.73 Å².